The Bertz CT molecular complexity index is 491. The van der Waals surface area contributed by atoms with Crippen molar-refractivity contribution in [2.45, 2.75) is 12.4 Å². The molecule has 0 aliphatic heterocycles. The van der Waals surface area contributed by atoms with Crippen molar-refractivity contribution < 1.29 is 17.9 Å². The highest BCUT2D eigenvalue weighted by atomic mass is 19.4. The third-order valence-corrected chi connectivity index (χ3v) is 2.43. The van der Waals surface area contributed by atoms with Crippen LogP contribution in [0.15, 0.2) is 42.6 Å². The summed E-state index contributed by atoms with van der Waals surface area (Å²) in [7, 11) is 0. The molecule has 0 radical (unpaired) electrons. The van der Waals surface area contributed by atoms with Crippen LogP contribution in [0.2, 0.25) is 0 Å². The number of nitrogens with one attached hydrogen (secondary N) is 1. The van der Waals surface area contributed by atoms with Crippen LogP contribution < -0.4 is 10.5 Å². The van der Waals surface area contributed by atoms with E-state index in [2.05, 4.69) is 9.72 Å². The quantitative estimate of drug-likeness (QED) is 0.887. The lowest BCUT2D eigenvalue weighted by Crippen LogP contribution is -2.17. The van der Waals surface area contributed by atoms with Gasteiger partial charge in [-0.15, -0.1) is 13.2 Å². The number of benzene rings is 1. The molecule has 3 nitrogen and oxygen atoms in total. The highest BCUT2D eigenvalue weighted by molar-refractivity contribution is 5.33. The number of ether oxygens (including phenoxy) is 1. The summed E-state index contributed by atoms with van der Waals surface area (Å²) in [5, 5.41) is 0. The molecule has 0 amide bonds. The van der Waals surface area contributed by atoms with Crippen molar-refractivity contribution in [2.24, 2.45) is 5.73 Å². The first-order valence-corrected chi connectivity index (χ1v) is 5.20. The van der Waals surface area contributed by atoms with Crippen LogP contribution >= 0.6 is 0 Å². The van der Waals surface area contributed by atoms with Gasteiger partial charge in [0.2, 0.25) is 0 Å². The van der Waals surface area contributed by atoms with Gasteiger partial charge >= 0.3 is 6.36 Å². The van der Waals surface area contributed by atoms with E-state index in [1.165, 1.54) is 24.3 Å². The van der Waals surface area contributed by atoms with Gasteiger partial charge in [-0.05, 0) is 29.8 Å². The summed E-state index contributed by atoms with van der Waals surface area (Å²) in [6.07, 6.45) is -2.95. The monoisotopic (exact) mass is 256 g/mol. The van der Waals surface area contributed by atoms with Gasteiger partial charge in [-0.25, -0.2) is 0 Å². The number of halogens is 3. The summed E-state index contributed by atoms with van der Waals surface area (Å²) in [5.74, 6) is -0.259. The topological polar surface area (TPSA) is 51.0 Å². The van der Waals surface area contributed by atoms with Gasteiger partial charge in [-0.3, -0.25) is 0 Å². The maximum atomic E-state index is 12.0. The number of hydrogen-bond acceptors (Lipinski definition) is 2. The van der Waals surface area contributed by atoms with Crippen LogP contribution in [0.5, 0.6) is 5.75 Å². The van der Waals surface area contributed by atoms with Crippen molar-refractivity contribution >= 4 is 0 Å². The Labute approximate surface area is 101 Å². The van der Waals surface area contributed by atoms with E-state index in [9.17, 15) is 13.2 Å². The minimum absolute atomic E-state index is 0.259. The van der Waals surface area contributed by atoms with Crippen molar-refractivity contribution in [2.75, 3.05) is 0 Å². The van der Waals surface area contributed by atoms with Crippen LogP contribution in [0.3, 0.4) is 0 Å². The molecule has 2 rings (SSSR count). The maximum absolute atomic E-state index is 12.0. The molecule has 0 aliphatic carbocycles. The van der Waals surface area contributed by atoms with Crippen molar-refractivity contribution in [1.29, 1.82) is 0 Å². The SMILES string of the molecule is N[C@@H](c1ccc(OC(F)(F)F)cc1)c1ccc[nH]1. The van der Waals surface area contributed by atoms with Crippen LogP contribution in [0.25, 0.3) is 0 Å². The molecule has 1 heterocycles. The van der Waals surface area contributed by atoms with Gasteiger partial charge in [0, 0.05) is 11.9 Å². The molecule has 6 heteroatoms. The summed E-state index contributed by atoms with van der Waals surface area (Å²) in [5.41, 5.74) is 7.44. The Balaban J connectivity index is 2.13. The molecule has 18 heavy (non-hydrogen) atoms. The lowest BCUT2D eigenvalue weighted by molar-refractivity contribution is -0.274. The van der Waals surface area contributed by atoms with E-state index in [4.69, 9.17) is 5.73 Å². The molecule has 0 aliphatic rings. The number of aromatic amines is 1. The number of alkyl halides is 3. The van der Waals surface area contributed by atoms with Gasteiger partial charge in [-0.1, -0.05) is 12.1 Å². The first kappa shape index (κ1) is 12.5. The molecule has 0 spiro atoms. The van der Waals surface area contributed by atoms with Gasteiger partial charge in [0.05, 0.1) is 6.04 Å². The number of nitrogens with two attached hydrogens (primary N) is 1. The Morgan fingerprint density at radius 1 is 1.11 bits per heavy atom. The predicted molar refractivity (Wildman–Crippen MR) is 59.9 cm³/mol. The lowest BCUT2D eigenvalue weighted by Gasteiger charge is -2.12. The molecule has 1 aromatic heterocycles. The molecule has 1 aromatic carbocycles. The van der Waals surface area contributed by atoms with E-state index >= 15 is 0 Å². The summed E-state index contributed by atoms with van der Waals surface area (Å²) in [6, 6.07) is 8.71. The first-order chi connectivity index (χ1) is 8.46. The number of aromatic nitrogens is 1. The van der Waals surface area contributed by atoms with Crippen LogP contribution in [0.1, 0.15) is 17.3 Å². The first-order valence-electron chi connectivity index (χ1n) is 5.20. The Hall–Kier alpha value is -1.95. The molecule has 0 unspecified atom stereocenters. The molecule has 0 saturated carbocycles. The molecule has 0 saturated heterocycles. The predicted octanol–water partition coefficient (Wildman–Crippen LogP) is 2.96. The van der Waals surface area contributed by atoms with Crippen molar-refractivity contribution in [1.82, 2.24) is 4.98 Å². The van der Waals surface area contributed by atoms with Crippen LogP contribution in [0, 0.1) is 0 Å². The molecule has 96 valence electrons. The standard InChI is InChI=1S/C12H11F3N2O/c13-12(14,15)18-9-5-3-8(4-6-9)11(16)10-2-1-7-17-10/h1-7,11,17H,16H2/t11-/m0/s1. The zero-order chi connectivity index (χ0) is 13.2. The van der Waals surface area contributed by atoms with Crippen LogP contribution in [-0.4, -0.2) is 11.3 Å². The minimum Gasteiger partial charge on any atom is -0.406 e. The zero-order valence-corrected chi connectivity index (χ0v) is 9.24. The smallest absolute Gasteiger partial charge is 0.406 e. The largest absolute Gasteiger partial charge is 0.573 e. The number of H-pyrrole nitrogens is 1. The third kappa shape index (κ3) is 3.04. The number of hydrogen-bond donors (Lipinski definition) is 2. The second kappa shape index (κ2) is 4.73. The summed E-state index contributed by atoms with van der Waals surface area (Å²) in [4.78, 5) is 2.95. The van der Waals surface area contributed by atoms with Gasteiger partial charge in [0.25, 0.3) is 0 Å². The van der Waals surface area contributed by atoms with Crippen LogP contribution in [-0.2, 0) is 0 Å². The van der Waals surface area contributed by atoms with E-state index in [0.717, 1.165) is 5.69 Å². The summed E-state index contributed by atoms with van der Waals surface area (Å²) in [6.45, 7) is 0. The highest BCUT2D eigenvalue weighted by Gasteiger charge is 2.31. The van der Waals surface area contributed by atoms with Crippen molar-refractivity contribution in [3.05, 3.63) is 53.9 Å². The van der Waals surface area contributed by atoms with E-state index in [1.54, 1.807) is 12.3 Å². The van der Waals surface area contributed by atoms with E-state index in [-0.39, 0.29) is 5.75 Å². The fourth-order valence-corrected chi connectivity index (χ4v) is 1.59. The Morgan fingerprint density at radius 2 is 1.78 bits per heavy atom. The zero-order valence-electron chi connectivity index (χ0n) is 9.24. The van der Waals surface area contributed by atoms with Gasteiger partial charge in [0.1, 0.15) is 5.75 Å². The van der Waals surface area contributed by atoms with Gasteiger partial charge in [0.15, 0.2) is 0 Å². The Kier molecular flexibility index (Phi) is 3.29. The van der Waals surface area contributed by atoms with Gasteiger partial charge in [-0.2, -0.15) is 0 Å². The minimum atomic E-state index is -4.68. The molecular weight excluding hydrogens is 245 g/mol. The molecular formula is C12H11F3N2O. The second-order valence-corrected chi connectivity index (χ2v) is 3.72. The third-order valence-electron chi connectivity index (χ3n) is 2.43. The molecule has 1 atom stereocenters. The molecule has 0 bridgehead atoms. The summed E-state index contributed by atoms with van der Waals surface area (Å²) >= 11 is 0. The summed E-state index contributed by atoms with van der Waals surface area (Å²) < 4.78 is 39.7. The van der Waals surface area contributed by atoms with E-state index < -0.39 is 12.4 Å². The van der Waals surface area contributed by atoms with Gasteiger partial charge < -0.3 is 15.5 Å². The maximum Gasteiger partial charge on any atom is 0.573 e. The van der Waals surface area contributed by atoms with Crippen molar-refractivity contribution in [3.8, 4) is 5.75 Å². The van der Waals surface area contributed by atoms with Crippen LogP contribution in [0.4, 0.5) is 13.2 Å². The Morgan fingerprint density at radius 3 is 2.28 bits per heavy atom. The number of rotatable bonds is 3. The normalized spacial score (nSPS) is 13.3. The second-order valence-electron chi connectivity index (χ2n) is 3.72. The van der Waals surface area contributed by atoms with Crippen molar-refractivity contribution in [3.63, 3.8) is 0 Å². The molecule has 3 N–H and O–H groups in total. The average molecular weight is 256 g/mol. The van der Waals surface area contributed by atoms with E-state index in [1.807, 2.05) is 6.07 Å². The fourth-order valence-electron chi connectivity index (χ4n) is 1.59. The molecule has 0 fully saturated rings. The fraction of sp³-hybridized carbons (Fsp3) is 0.167. The lowest BCUT2D eigenvalue weighted by atomic mass is 10.1. The molecule has 2 aromatic rings. The highest BCUT2D eigenvalue weighted by Crippen LogP contribution is 2.25. The van der Waals surface area contributed by atoms with E-state index in [0.29, 0.717) is 5.56 Å². The average Bonchev–Trinajstić information content (AvgIpc) is 2.80.